The normalized spacial score (nSPS) is 11.2. The van der Waals surface area contributed by atoms with Gasteiger partial charge in [0, 0.05) is 16.5 Å². The molecule has 0 fully saturated rings. The molecule has 0 saturated carbocycles. The van der Waals surface area contributed by atoms with Crippen molar-refractivity contribution in [2.75, 3.05) is 0 Å². The minimum atomic E-state index is -0.913. The number of aromatic nitrogens is 2. The number of H-pyrrole nitrogens is 2. The van der Waals surface area contributed by atoms with Crippen molar-refractivity contribution in [3.63, 3.8) is 0 Å². The van der Waals surface area contributed by atoms with Crippen LogP contribution in [0, 0.1) is 0 Å². The van der Waals surface area contributed by atoms with E-state index < -0.39 is 5.97 Å². The van der Waals surface area contributed by atoms with E-state index in [0.29, 0.717) is 0 Å². The summed E-state index contributed by atoms with van der Waals surface area (Å²) in [6, 6.07) is 17.2. The molecule has 0 bridgehead atoms. The molecule has 4 rings (SSSR count). The van der Waals surface area contributed by atoms with Crippen molar-refractivity contribution >= 4 is 16.7 Å². The molecule has 0 aromatic heterocycles. The molecule has 1 aliphatic heterocycles. The van der Waals surface area contributed by atoms with Crippen LogP contribution in [0.15, 0.2) is 54.6 Å². The van der Waals surface area contributed by atoms with Gasteiger partial charge in [-0.05, 0) is 23.6 Å². The van der Waals surface area contributed by atoms with Gasteiger partial charge in [-0.1, -0.05) is 36.4 Å². The van der Waals surface area contributed by atoms with Gasteiger partial charge in [-0.3, -0.25) is 10.2 Å². The molecule has 1 heterocycles. The largest absolute Gasteiger partial charge is 0.478 e. The van der Waals surface area contributed by atoms with Crippen molar-refractivity contribution in [2.24, 2.45) is 0 Å². The Morgan fingerprint density at radius 3 is 2.38 bits per heavy atom. The highest BCUT2D eigenvalue weighted by Crippen LogP contribution is 2.38. The summed E-state index contributed by atoms with van der Waals surface area (Å²) in [5.74, 6) is -0.913. The molecule has 0 atom stereocenters. The summed E-state index contributed by atoms with van der Waals surface area (Å²) in [4.78, 5) is 10.9. The molecular formula is C17H12N2O2. The Balaban J connectivity index is 1.86. The van der Waals surface area contributed by atoms with Crippen LogP contribution in [0.4, 0.5) is 0 Å². The van der Waals surface area contributed by atoms with E-state index in [4.69, 9.17) is 5.11 Å². The number of nitrogens with one attached hydrogen (secondary N) is 2. The highest BCUT2D eigenvalue weighted by atomic mass is 16.4. The lowest BCUT2D eigenvalue weighted by atomic mass is 10.1. The molecule has 2 aliphatic rings. The van der Waals surface area contributed by atoms with Crippen LogP contribution in [0.5, 0.6) is 0 Å². The lowest BCUT2D eigenvalue weighted by Gasteiger charge is -2.00. The molecule has 0 unspecified atom stereocenters. The zero-order valence-electron chi connectivity index (χ0n) is 11.1. The first-order chi connectivity index (χ1) is 10.2. The van der Waals surface area contributed by atoms with Crippen LogP contribution in [0.25, 0.3) is 33.3 Å². The summed E-state index contributed by atoms with van der Waals surface area (Å²) in [5, 5.41) is 17.7. The molecular weight excluding hydrogens is 264 g/mol. The van der Waals surface area contributed by atoms with Crippen LogP contribution in [-0.4, -0.2) is 21.3 Å². The van der Waals surface area contributed by atoms with Crippen LogP contribution in [0.2, 0.25) is 0 Å². The molecule has 0 amide bonds. The number of carbonyl (C=O) groups is 1. The maximum Gasteiger partial charge on any atom is 0.335 e. The Labute approximate surface area is 120 Å². The van der Waals surface area contributed by atoms with Gasteiger partial charge >= 0.3 is 5.97 Å². The van der Waals surface area contributed by atoms with E-state index in [-0.39, 0.29) is 5.56 Å². The van der Waals surface area contributed by atoms with Gasteiger partial charge in [-0.25, -0.2) is 4.79 Å². The van der Waals surface area contributed by atoms with Crippen molar-refractivity contribution < 1.29 is 9.90 Å². The smallest absolute Gasteiger partial charge is 0.335 e. The van der Waals surface area contributed by atoms with Gasteiger partial charge in [-0.15, -0.1) is 0 Å². The third kappa shape index (κ3) is 1.73. The maximum atomic E-state index is 10.9. The zero-order valence-corrected chi connectivity index (χ0v) is 11.1. The molecule has 4 nitrogen and oxygen atoms in total. The van der Waals surface area contributed by atoms with E-state index >= 15 is 0 Å². The molecule has 0 spiro atoms. The molecule has 0 radical (unpaired) electrons. The minimum Gasteiger partial charge on any atom is -0.478 e. The van der Waals surface area contributed by atoms with Crippen molar-refractivity contribution in [2.45, 2.75) is 0 Å². The Morgan fingerprint density at radius 1 is 0.905 bits per heavy atom. The number of carboxylic acid groups (broad SMARTS) is 1. The molecule has 3 N–H and O–H groups in total. The van der Waals surface area contributed by atoms with E-state index in [1.54, 1.807) is 12.1 Å². The third-order valence-corrected chi connectivity index (χ3v) is 3.80. The first-order valence-electron chi connectivity index (χ1n) is 6.65. The predicted octanol–water partition coefficient (Wildman–Crippen LogP) is 3.97. The lowest BCUT2D eigenvalue weighted by Crippen LogP contribution is -1.95. The van der Waals surface area contributed by atoms with Gasteiger partial charge in [0.1, 0.15) is 0 Å². The van der Waals surface area contributed by atoms with Gasteiger partial charge in [0.05, 0.1) is 17.0 Å². The highest BCUT2D eigenvalue weighted by molar-refractivity contribution is 6.04. The number of rotatable bonds is 2. The number of aromatic amines is 2. The van der Waals surface area contributed by atoms with E-state index in [9.17, 15) is 4.79 Å². The van der Waals surface area contributed by atoms with Crippen molar-refractivity contribution in [1.82, 2.24) is 10.2 Å². The van der Waals surface area contributed by atoms with Gasteiger partial charge in [0.25, 0.3) is 0 Å². The first-order valence-corrected chi connectivity index (χ1v) is 6.65. The molecule has 21 heavy (non-hydrogen) atoms. The maximum absolute atomic E-state index is 10.9. The molecule has 102 valence electrons. The van der Waals surface area contributed by atoms with Crippen LogP contribution < -0.4 is 0 Å². The second kappa shape index (κ2) is 4.24. The SMILES string of the molecule is O=C(O)c1ccc(-c2[nH][nH]c3c4ccccc4cc2-3)cc1. The Morgan fingerprint density at radius 2 is 1.62 bits per heavy atom. The first kappa shape index (κ1) is 11.8. The molecule has 0 saturated heterocycles. The fourth-order valence-corrected chi connectivity index (χ4v) is 2.75. The summed E-state index contributed by atoms with van der Waals surface area (Å²) in [6.45, 7) is 0. The summed E-state index contributed by atoms with van der Waals surface area (Å²) >= 11 is 0. The molecule has 1 aliphatic carbocycles. The molecule has 2 aromatic carbocycles. The number of hydrogen-bond acceptors (Lipinski definition) is 1. The van der Waals surface area contributed by atoms with Crippen LogP contribution >= 0.6 is 0 Å². The van der Waals surface area contributed by atoms with Gasteiger partial charge in [0.2, 0.25) is 0 Å². The average molecular weight is 276 g/mol. The summed E-state index contributed by atoms with van der Waals surface area (Å²) in [6.07, 6.45) is 0. The standard InChI is InChI=1S/C17H12N2O2/c20-17(21)11-7-5-10(6-8-11)15-14-9-12-3-1-2-4-13(12)16(14)19-18-15/h1-9,18-19H,(H,20,21). The predicted molar refractivity (Wildman–Crippen MR) is 81.7 cm³/mol. The molecule has 4 heteroatoms. The monoisotopic (exact) mass is 276 g/mol. The average Bonchev–Trinajstić information content (AvgIpc) is 3.06. The Hall–Kier alpha value is -3.01. The van der Waals surface area contributed by atoms with Crippen LogP contribution in [0.1, 0.15) is 10.4 Å². The zero-order chi connectivity index (χ0) is 14.4. The van der Waals surface area contributed by atoms with E-state index in [1.807, 2.05) is 24.3 Å². The number of carboxylic acids is 1. The van der Waals surface area contributed by atoms with Gasteiger partial charge < -0.3 is 5.11 Å². The second-order valence-corrected chi connectivity index (χ2v) is 5.03. The van der Waals surface area contributed by atoms with Gasteiger partial charge in [0.15, 0.2) is 0 Å². The quantitative estimate of drug-likeness (QED) is 0.518. The van der Waals surface area contributed by atoms with Crippen LogP contribution in [0.3, 0.4) is 0 Å². The van der Waals surface area contributed by atoms with Crippen molar-refractivity contribution in [3.05, 3.63) is 60.2 Å². The lowest BCUT2D eigenvalue weighted by molar-refractivity contribution is 0.0697. The number of fused-ring (bicyclic) bond motifs is 3. The summed E-state index contributed by atoms with van der Waals surface area (Å²) in [5.41, 5.74) is 4.40. The highest BCUT2D eigenvalue weighted by Gasteiger charge is 2.17. The third-order valence-electron chi connectivity index (χ3n) is 3.80. The van der Waals surface area contributed by atoms with E-state index in [0.717, 1.165) is 22.5 Å². The second-order valence-electron chi connectivity index (χ2n) is 5.03. The molecule has 2 aromatic rings. The fraction of sp³-hybridized carbons (Fsp3) is 0. The minimum absolute atomic E-state index is 0.290. The number of hydrogen-bond donors (Lipinski definition) is 3. The van der Waals surface area contributed by atoms with E-state index in [1.165, 1.54) is 10.8 Å². The van der Waals surface area contributed by atoms with Crippen LogP contribution in [-0.2, 0) is 0 Å². The fourth-order valence-electron chi connectivity index (χ4n) is 2.75. The summed E-state index contributed by atoms with van der Waals surface area (Å²) < 4.78 is 0. The summed E-state index contributed by atoms with van der Waals surface area (Å²) in [7, 11) is 0. The Kier molecular flexibility index (Phi) is 2.38. The number of benzene rings is 2. The Bertz CT molecular complexity index is 916. The van der Waals surface area contributed by atoms with Crippen molar-refractivity contribution in [3.8, 4) is 22.5 Å². The number of aromatic carboxylic acids is 1. The van der Waals surface area contributed by atoms with Gasteiger partial charge in [-0.2, -0.15) is 0 Å². The van der Waals surface area contributed by atoms with Crippen molar-refractivity contribution in [1.29, 1.82) is 0 Å². The topological polar surface area (TPSA) is 68.9 Å². The van der Waals surface area contributed by atoms with E-state index in [2.05, 4.69) is 28.4 Å².